The van der Waals surface area contributed by atoms with E-state index < -0.39 is 17.6 Å². The molecule has 0 spiro atoms. The number of hydrogen-bond acceptors (Lipinski definition) is 5. The number of pyridine rings is 1. The Balaban J connectivity index is 1.69. The molecular formula is C19H14FN5O3. The summed E-state index contributed by atoms with van der Waals surface area (Å²) in [5.41, 5.74) is 0.414. The topological polar surface area (TPSA) is 102 Å². The largest absolute Gasteiger partial charge is 0.360 e. The molecule has 4 aromatic rings. The molecule has 2 N–H and O–H groups in total. The molecule has 3 aromatic heterocycles. The fourth-order valence-corrected chi connectivity index (χ4v) is 2.71. The van der Waals surface area contributed by atoms with E-state index in [4.69, 9.17) is 4.52 Å². The highest BCUT2D eigenvalue weighted by Gasteiger charge is 2.22. The van der Waals surface area contributed by atoms with Crippen LogP contribution in [0.2, 0.25) is 0 Å². The molecule has 0 aliphatic carbocycles. The van der Waals surface area contributed by atoms with Gasteiger partial charge in [0.05, 0.1) is 11.2 Å². The predicted molar refractivity (Wildman–Crippen MR) is 98.7 cm³/mol. The summed E-state index contributed by atoms with van der Waals surface area (Å²) < 4.78 is 20.2. The van der Waals surface area contributed by atoms with Gasteiger partial charge >= 0.3 is 0 Å². The predicted octanol–water partition coefficient (Wildman–Crippen LogP) is 3.27. The van der Waals surface area contributed by atoms with E-state index in [0.717, 1.165) is 0 Å². The number of nitrogens with zero attached hydrogens (tertiary/aromatic N) is 3. The van der Waals surface area contributed by atoms with Crippen molar-refractivity contribution in [2.45, 2.75) is 6.92 Å². The van der Waals surface area contributed by atoms with E-state index in [-0.39, 0.29) is 23.0 Å². The van der Waals surface area contributed by atoms with Gasteiger partial charge in [-0.1, -0.05) is 23.4 Å². The van der Waals surface area contributed by atoms with Gasteiger partial charge in [-0.25, -0.2) is 9.37 Å². The third kappa shape index (κ3) is 3.20. The van der Waals surface area contributed by atoms with Crippen LogP contribution in [0.25, 0.3) is 5.52 Å². The van der Waals surface area contributed by atoms with Crippen molar-refractivity contribution < 1.29 is 18.5 Å². The lowest BCUT2D eigenvalue weighted by Gasteiger charge is -2.04. The van der Waals surface area contributed by atoms with Crippen molar-refractivity contribution in [3.05, 3.63) is 77.8 Å². The number of fused-ring (bicyclic) bond motifs is 1. The lowest BCUT2D eigenvalue weighted by Crippen LogP contribution is -2.17. The Morgan fingerprint density at radius 3 is 2.61 bits per heavy atom. The number of para-hydroxylation sites is 1. The molecule has 140 valence electrons. The van der Waals surface area contributed by atoms with Crippen molar-refractivity contribution >= 4 is 28.8 Å². The van der Waals surface area contributed by atoms with Gasteiger partial charge in [-0.2, -0.15) is 0 Å². The Morgan fingerprint density at radius 1 is 1.07 bits per heavy atom. The standard InChI is InChI=1S/C19H14FN5O3/c1-11-10-15(24-28-11)22-19(27)17-23-16(14-8-4-5-9-25(14)17)18(26)21-13-7-3-2-6-12(13)20/h2-10H,1H3,(H,21,26)(H,22,24,27). The number of rotatable bonds is 4. The summed E-state index contributed by atoms with van der Waals surface area (Å²) in [4.78, 5) is 29.5. The Labute approximate surface area is 158 Å². The molecule has 0 aliphatic heterocycles. The summed E-state index contributed by atoms with van der Waals surface area (Å²) in [6, 6.07) is 12.4. The molecule has 8 nitrogen and oxygen atoms in total. The van der Waals surface area contributed by atoms with Gasteiger partial charge in [-0.05, 0) is 31.2 Å². The number of anilines is 2. The van der Waals surface area contributed by atoms with Gasteiger partial charge < -0.3 is 15.2 Å². The fourth-order valence-electron chi connectivity index (χ4n) is 2.71. The normalized spacial score (nSPS) is 10.8. The Hall–Kier alpha value is -4.01. The summed E-state index contributed by atoms with van der Waals surface area (Å²) in [7, 11) is 0. The van der Waals surface area contributed by atoms with Gasteiger partial charge in [0, 0.05) is 12.3 Å². The van der Waals surface area contributed by atoms with Gasteiger partial charge in [0.2, 0.25) is 5.82 Å². The molecule has 0 radical (unpaired) electrons. The molecule has 0 aliphatic rings. The maximum absolute atomic E-state index is 13.8. The lowest BCUT2D eigenvalue weighted by atomic mass is 10.2. The monoisotopic (exact) mass is 379 g/mol. The number of nitrogens with one attached hydrogen (secondary N) is 2. The second-order valence-corrected chi connectivity index (χ2v) is 5.95. The number of aryl methyl sites for hydroxylation is 1. The molecule has 0 fully saturated rings. The maximum atomic E-state index is 13.8. The van der Waals surface area contributed by atoms with E-state index >= 15 is 0 Å². The number of carbonyl (C=O) groups is 2. The number of benzene rings is 1. The zero-order valence-corrected chi connectivity index (χ0v) is 14.6. The number of amides is 2. The van der Waals surface area contributed by atoms with Crippen molar-refractivity contribution in [1.82, 2.24) is 14.5 Å². The lowest BCUT2D eigenvalue weighted by molar-refractivity contribution is 0.101. The first kappa shape index (κ1) is 17.4. The Kier molecular flexibility index (Phi) is 4.32. The molecule has 2 amide bonds. The van der Waals surface area contributed by atoms with E-state index in [0.29, 0.717) is 11.3 Å². The van der Waals surface area contributed by atoms with Crippen LogP contribution in [0.5, 0.6) is 0 Å². The minimum absolute atomic E-state index is 0.00895. The summed E-state index contributed by atoms with van der Waals surface area (Å²) in [5, 5.41) is 8.74. The maximum Gasteiger partial charge on any atom is 0.293 e. The number of aromatic nitrogens is 3. The fraction of sp³-hybridized carbons (Fsp3) is 0.0526. The third-order valence-corrected chi connectivity index (χ3v) is 3.96. The highest BCUT2D eigenvalue weighted by Crippen LogP contribution is 2.18. The van der Waals surface area contributed by atoms with Crippen molar-refractivity contribution in [3.63, 3.8) is 0 Å². The first-order chi connectivity index (χ1) is 13.5. The first-order valence-electron chi connectivity index (χ1n) is 8.30. The van der Waals surface area contributed by atoms with E-state index in [1.807, 2.05) is 0 Å². The minimum Gasteiger partial charge on any atom is -0.360 e. The second kappa shape index (κ2) is 6.95. The van der Waals surface area contributed by atoms with Gasteiger partial charge in [-0.3, -0.25) is 14.0 Å². The average molecular weight is 379 g/mol. The number of halogens is 1. The number of imidazole rings is 1. The van der Waals surface area contributed by atoms with Crippen LogP contribution in [0.1, 0.15) is 26.9 Å². The highest BCUT2D eigenvalue weighted by molar-refractivity contribution is 6.10. The first-order valence-corrected chi connectivity index (χ1v) is 8.30. The smallest absolute Gasteiger partial charge is 0.293 e. The molecular weight excluding hydrogens is 365 g/mol. The van der Waals surface area contributed by atoms with Crippen LogP contribution in [-0.4, -0.2) is 26.4 Å². The van der Waals surface area contributed by atoms with Crippen molar-refractivity contribution in [1.29, 1.82) is 0 Å². The van der Waals surface area contributed by atoms with E-state index in [2.05, 4.69) is 20.8 Å². The third-order valence-electron chi connectivity index (χ3n) is 3.96. The van der Waals surface area contributed by atoms with Crippen LogP contribution >= 0.6 is 0 Å². The van der Waals surface area contributed by atoms with E-state index in [1.54, 1.807) is 43.5 Å². The van der Waals surface area contributed by atoms with Crippen LogP contribution in [0, 0.1) is 12.7 Å². The highest BCUT2D eigenvalue weighted by atomic mass is 19.1. The van der Waals surface area contributed by atoms with Crippen molar-refractivity contribution in [2.75, 3.05) is 10.6 Å². The zero-order valence-electron chi connectivity index (χ0n) is 14.6. The minimum atomic E-state index is -0.634. The van der Waals surface area contributed by atoms with Gasteiger partial charge in [0.1, 0.15) is 11.6 Å². The van der Waals surface area contributed by atoms with Gasteiger partial charge in [0.25, 0.3) is 11.8 Å². The molecule has 9 heteroatoms. The van der Waals surface area contributed by atoms with Gasteiger partial charge in [0.15, 0.2) is 11.5 Å². The quantitative estimate of drug-likeness (QED) is 0.567. The zero-order chi connectivity index (χ0) is 19.7. The Bertz CT molecular complexity index is 1200. The van der Waals surface area contributed by atoms with E-state index in [9.17, 15) is 14.0 Å². The molecule has 3 heterocycles. The second-order valence-electron chi connectivity index (χ2n) is 5.95. The van der Waals surface area contributed by atoms with Crippen molar-refractivity contribution in [2.24, 2.45) is 0 Å². The molecule has 0 bridgehead atoms. The summed E-state index contributed by atoms with van der Waals surface area (Å²) >= 11 is 0. The van der Waals surface area contributed by atoms with Crippen molar-refractivity contribution in [3.8, 4) is 0 Å². The number of hydrogen-bond donors (Lipinski definition) is 2. The molecule has 4 rings (SSSR count). The average Bonchev–Trinajstić information content (AvgIpc) is 3.27. The van der Waals surface area contributed by atoms with Crippen LogP contribution in [0.3, 0.4) is 0 Å². The van der Waals surface area contributed by atoms with Crippen LogP contribution in [0.4, 0.5) is 15.9 Å². The van der Waals surface area contributed by atoms with E-state index in [1.165, 1.54) is 22.6 Å². The van der Waals surface area contributed by atoms with Gasteiger partial charge in [-0.15, -0.1) is 0 Å². The molecule has 0 saturated carbocycles. The van der Waals surface area contributed by atoms with Crippen LogP contribution in [-0.2, 0) is 0 Å². The SMILES string of the molecule is Cc1cc(NC(=O)c2nc(C(=O)Nc3ccccc3F)c3ccccn23)no1. The summed E-state index contributed by atoms with van der Waals surface area (Å²) in [5.74, 6) is -1.03. The summed E-state index contributed by atoms with van der Waals surface area (Å²) in [6.07, 6.45) is 1.60. The Morgan fingerprint density at radius 2 is 1.86 bits per heavy atom. The molecule has 1 aromatic carbocycles. The van der Waals surface area contributed by atoms with Crippen LogP contribution < -0.4 is 10.6 Å². The van der Waals surface area contributed by atoms with Crippen LogP contribution in [0.15, 0.2) is 59.3 Å². The molecule has 28 heavy (non-hydrogen) atoms. The number of carbonyl (C=O) groups excluding carboxylic acids is 2. The summed E-state index contributed by atoms with van der Waals surface area (Å²) in [6.45, 7) is 1.69. The molecule has 0 saturated heterocycles. The molecule has 0 atom stereocenters. The molecule has 0 unspecified atom stereocenters.